The van der Waals surface area contributed by atoms with Crippen LogP contribution in [-0.4, -0.2) is 28.4 Å². The van der Waals surface area contributed by atoms with E-state index in [-0.39, 0.29) is 0 Å². The Morgan fingerprint density at radius 3 is 2.00 bits per heavy atom. The maximum atomic E-state index is 5.41. The van der Waals surface area contributed by atoms with Crippen molar-refractivity contribution in [2.24, 2.45) is 0 Å². The van der Waals surface area contributed by atoms with Crippen LogP contribution in [0.1, 0.15) is 5.56 Å². The van der Waals surface area contributed by atoms with Gasteiger partial charge in [0.1, 0.15) is 5.75 Å². The van der Waals surface area contributed by atoms with Gasteiger partial charge in [0.05, 0.1) is 21.3 Å². The van der Waals surface area contributed by atoms with Crippen LogP contribution >= 0.6 is 0 Å². The molecule has 0 fully saturated rings. The number of hydrogen-bond acceptors (Lipinski definition) is 4. The molecule has 21 heavy (non-hydrogen) atoms. The first-order valence-corrected chi connectivity index (χ1v) is 6.77. The summed E-state index contributed by atoms with van der Waals surface area (Å²) < 4.78 is 16.0. The highest BCUT2D eigenvalue weighted by molar-refractivity contribution is 5.71. The molecule has 0 aromatic heterocycles. The number of hydrogen-bond donors (Lipinski definition) is 1. The molecule has 0 radical (unpaired) electrons. The molecule has 0 aliphatic heterocycles. The molecule has 0 heterocycles. The molecule has 0 bridgehead atoms. The van der Waals surface area contributed by atoms with Crippen molar-refractivity contribution in [3.63, 3.8) is 0 Å². The second-order valence-electron chi connectivity index (χ2n) is 4.62. The Kier molecular flexibility index (Phi) is 5.06. The Bertz CT molecular complexity index is 594. The summed E-state index contributed by atoms with van der Waals surface area (Å²) in [5.41, 5.74) is 3.38. The molecule has 4 heteroatoms. The topological polar surface area (TPSA) is 39.7 Å². The van der Waals surface area contributed by atoms with E-state index in [1.165, 1.54) is 0 Å². The molecular formula is C17H21NO3. The highest BCUT2D eigenvalue weighted by atomic mass is 16.5. The van der Waals surface area contributed by atoms with Gasteiger partial charge in [-0.25, -0.2) is 0 Å². The molecule has 2 rings (SSSR count). The summed E-state index contributed by atoms with van der Waals surface area (Å²) in [6, 6.07) is 12.0. The third-order valence-corrected chi connectivity index (χ3v) is 3.38. The van der Waals surface area contributed by atoms with Gasteiger partial charge in [0, 0.05) is 6.54 Å². The van der Waals surface area contributed by atoms with Gasteiger partial charge in [-0.15, -0.1) is 0 Å². The molecule has 2 aromatic carbocycles. The van der Waals surface area contributed by atoms with Crippen LogP contribution in [0.2, 0.25) is 0 Å². The molecule has 1 N–H and O–H groups in total. The van der Waals surface area contributed by atoms with E-state index < -0.39 is 0 Å². The molecule has 0 saturated carbocycles. The van der Waals surface area contributed by atoms with Crippen molar-refractivity contribution in [1.82, 2.24) is 5.32 Å². The summed E-state index contributed by atoms with van der Waals surface area (Å²) in [6.45, 7) is 0.752. The van der Waals surface area contributed by atoms with Crippen LogP contribution in [0, 0.1) is 0 Å². The normalized spacial score (nSPS) is 10.3. The number of benzene rings is 2. The van der Waals surface area contributed by atoms with E-state index in [0.717, 1.165) is 40.5 Å². The largest absolute Gasteiger partial charge is 0.497 e. The van der Waals surface area contributed by atoms with Crippen molar-refractivity contribution in [2.75, 3.05) is 28.4 Å². The minimum atomic E-state index is 0.725. The fourth-order valence-electron chi connectivity index (χ4n) is 2.30. The van der Waals surface area contributed by atoms with Crippen molar-refractivity contribution in [2.45, 2.75) is 6.54 Å². The Balaban J connectivity index is 2.52. The summed E-state index contributed by atoms with van der Waals surface area (Å²) in [5, 5.41) is 3.18. The van der Waals surface area contributed by atoms with Crippen LogP contribution in [0.5, 0.6) is 17.2 Å². The minimum Gasteiger partial charge on any atom is -0.497 e. The lowest BCUT2D eigenvalue weighted by atomic mass is 9.98. The number of nitrogens with one attached hydrogen (secondary N) is 1. The summed E-state index contributed by atoms with van der Waals surface area (Å²) in [6.07, 6.45) is 0. The Hall–Kier alpha value is -2.20. The molecule has 2 aromatic rings. The maximum Gasteiger partial charge on any atom is 0.161 e. The third-order valence-electron chi connectivity index (χ3n) is 3.38. The predicted octanol–water partition coefficient (Wildman–Crippen LogP) is 3.10. The Labute approximate surface area is 125 Å². The van der Waals surface area contributed by atoms with Crippen LogP contribution in [0.4, 0.5) is 0 Å². The van der Waals surface area contributed by atoms with Gasteiger partial charge in [0.2, 0.25) is 0 Å². The third kappa shape index (κ3) is 3.28. The van der Waals surface area contributed by atoms with E-state index in [9.17, 15) is 0 Å². The average molecular weight is 287 g/mol. The van der Waals surface area contributed by atoms with Crippen molar-refractivity contribution in [3.8, 4) is 28.4 Å². The molecule has 0 saturated heterocycles. The fourth-order valence-corrected chi connectivity index (χ4v) is 2.30. The fraction of sp³-hybridized carbons (Fsp3) is 0.294. The molecule has 0 aliphatic carbocycles. The molecular weight excluding hydrogens is 266 g/mol. The van der Waals surface area contributed by atoms with Gasteiger partial charge in [-0.2, -0.15) is 0 Å². The SMILES string of the molecule is CNCc1cc(OC)c(OC)cc1-c1ccc(OC)cc1. The van der Waals surface area contributed by atoms with Crippen molar-refractivity contribution in [1.29, 1.82) is 0 Å². The average Bonchev–Trinajstić information content (AvgIpc) is 2.54. The highest BCUT2D eigenvalue weighted by Gasteiger charge is 2.12. The standard InChI is InChI=1S/C17H21NO3/c1-18-11-13-9-16(20-3)17(21-4)10-15(13)12-5-7-14(19-2)8-6-12/h5-10,18H,11H2,1-4H3. The van der Waals surface area contributed by atoms with E-state index in [1.54, 1.807) is 21.3 Å². The van der Waals surface area contributed by atoms with Gasteiger partial charge in [-0.1, -0.05) is 12.1 Å². The molecule has 0 amide bonds. The van der Waals surface area contributed by atoms with Gasteiger partial charge in [0.25, 0.3) is 0 Å². The summed E-state index contributed by atoms with van der Waals surface area (Å²) in [7, 11) is 6.88. The van der Waals surface area contributed by atoms with Gasteiger partial charge in [0.15, 0.2) is 11.5 Å². The number of methoxy groups -OCH3 is 3. The van der Waals surface area contributed by atoms with Gasteiger partial charge < -0.3 is 19.5 Å². The first kappa shape index (κ1) is 15.2. The van der Waals surface area contributed by atoms with Crippen LogP contribution in [0.25, 0.3) is 11.1 Å². The lowest BCUT2D eigenvalue weighted by Gasteiger charge is -2.15. The van der Waals surface area contributed by atoms with Crippen LogP contribution in [0.3, 0.4) is 0 Å². The molecule has 0 spiro atoms. The second kappa shape index (κ2) is 6.99. The molecule has 112 valence electrons. The van der Waals surface area contributed by atoms with E-state index in [0.29, 0.717) is 0 Å². The first-order valence-electron chi connectivity index (χ1n) is 6.77. The summed E-state index contributed by atoms with van der Waals surface area (Å²) in [4.78, 5) is 0. The summed E-state index contributed by atoms with van der Waals surface area (Å²) in [5.74, 6) is 2.30. The quantitative estimate of drug-likeness (QED) is 0.886. The van der Waals surface area contributed by atoms with Crippen molar-refractivity contribution in [3.05, 3.63) is 42.0 Å². The van der Waals surface area contributed by atoms with Crippen molar-refractivity contribution < 1.29 is 14.2 Å². The predicted molar refractivity (Wildman–Crippen MR) is 84.3 cm³/mol. The van der Waals surface area contributed by atoms with E-state index >= 15 is 0 Å². The molecule has 0 unspecified atom stereocenters. The highest BCUT2D eigenvalue weighted by Crippen LogP contribution is 2.36. The number of rotatable bonds is 6. The maximum absolute atomic E-state index is 5.41. The van der Waals surface area contributed by atoms with Crippen LogP contribution < -0.4 is 19.5 Å². The lowest BCUT2D eigenvalue weighted by Crippen LogP contribution is -2.07. The zero-order valence-electron chi connectivity index (χ0n) is 12.9. The van der Waals surface area contributed by atoms with Gasteiger partial charge in [-0.05, 0) is 48.0 Å². The molecule has 4 nitrogen and oxygen atoms in total. The van der Waals surface area contributed by atoms with Gasteiger partial charge >= 0.3 is 0 Å². The van der Waals surface area contributed by atoms with Crippen molar-refractivity contribution >= 4 is 0 Å². The zero-order valence-corrected chi connectivity index (χ0v) is 12.9. The van der Waals surface area contributed by atoms with E-state index in [1.807, 2.05) is 43.4 Å². The van der Waals surface area contributed by atoms with Crippen LogP contribution in [-0.2, 0) is 6.54 Å². The van der Waals surface area contributed by atoms with Gasteiger partial charge in [-0.3, -0.25) is 0 Å². The first-order chi connectivity index (χ1) is 10.2. The zero-order chi connectivity index (χ0) is 15.2. The lowest BCUT2D eigenvalue weighted by molar-refractivity contribution is 0.354. The Morgan fingerprint density at radius 2 is 1.48 bits per heavy atom. The van der Waals surface area contributed by atoms with Crippen LogP contribution in [0.15, 0.2) is 36.4 Å². The monoisotopic (exact) mass is 287 g/mol. The summed E-state index contributed by atoms with van der Waals surface area (Å²) >= 11 is 0. The smallest absolute Gasteiger partial charge is 0.161 e. The molecule has 0 aliphatic rings. The minimum absolute atomic E-state index is 0.725. The second-order valence-corrected chi connectivity index (χ2v) is 4.62. The van der Waals surface area contributed by atoms with E-state index in [4.69, 9.17) is 14.2 Å². The number of ether oxygens (including phenoxy) is 3. The molecule has 0 atom stereocenters. The van der Waals surface area contributed by atoms with E-state index in [2.05, 4.69) is 5.32 Å². The Morgan fingerprint density at radius 1 is 0.857 bits per heavy atom.